The Hall–Kier alpha value is -2.30. The number of hydrogen-bond donors (Lipinski definition) is 1. The van der Waals surface area contributed by atoms with Crippen LogP contribution in [0, 0.1) is 0 Å². The van der Waals surface area contributed by atoms with E-state index in [9.17, 15) is 9.59 Å². The van der Waals surface area contributed by atoms with Gasteiger partial charge in [-0.25, -0.2) is 0 Å². The van der Waals surface area contributed by atoms with Gasteiger partial charge in [-0.15, -0.1) is 6.58 Å². The van der Waals surface area contributed by atoms with Gasteiger partial charge in [0.2, 0.25) is 11.8 Å². The molecule has 0 spiro atoms. The summed E-state index contributed by atoms with van der Waals surface area (Å²) in [5.41, 5.74) is 2.00. The molecule has 1 aliphatic rings. The normalized spacial score (nSPS) is 14.1. The molecular weight excluding hydrogens is 302 g/mol. The largest absolute Gasteiger partial charge is 0.372 e. The molecule has 1 fully saturated rings. The fourth-order valence-corrected chi connectivity index (χ4v) is 2.90. The van der Waals surface area contributed by atoms with Gasteiger partial charge in [-0.05, 0) is 43.5 Å². The van der Waals surface area contributed by atoms with Crippen molar-refractivity contribution in [3.8, 4) is 0 Å². The van der Waals surface area contributed by atoms with Crippen LogP contribution in [0.3, 0.4) is 0 Å². The molecule has 0 unspecified atom stereocenters. The first-order valence-corrected chi connectivity index (χ1v) is 8.61. The molecule has 1 aliphatic heterocycles. The number of nitrogens with zero attached hydrogens (tertiary/aromatic N) is 2. The molecule has 0 aromatic heterocycles. The molecule has 2 rings (SSSR count). The number of carbonyl (C=O) groups excluding carboxylic acids is 2. The number of hydrogen-bond acceptors (Lipinski definition) is 3. The van der Waals surface area contributed by atoms with Crippen LogP contribution in [-0.4, -0.2) is 42.9 Å². The Balaban J connectivity index is 1.83. The number of rotatable bonds is 7. The second-order valence-electron chi connectivity index (χ2n) is 6.15. The van der Waals surface area contributed by atoms with Crippen molar-refractivity contribution < 1.29 is 9.59 Å². The van der Waals surface area contributed by atoms with Gasteiger partial charge in [0.25, 0.3) is 0 Å². The first kappa shape index (κ1) is 18.0. The topological polar surface area (TPSA) is 52.7 Å². The SMILES string of the molecule is C=CCN(CCC(=O)Nc1ccc(N2CCCCC2)cc1)C(C)=O. The van der Waals surface area contributed by atoms with E-state index in [1.54, 1.807) is 11.0 Å². The third-order valence-corrected chi connectivity index (χ3v) is 4.28. The van der Waals surface area contributed by atoms with Gasteiger partial charge in [-0.1, -0.05) is 6.08 Å². The number of piperidine rings is 1. The van der Waals surface area contributed by atoms with Crippen LogP contribution >= 0.6 is 0 Å². The molecule has 24 heavy (non-hydrogen) atoms. The van der Waals surface area contributed by atoms with Gasteiger partial charge in [0.1, 0.15) is 0 Å². The molecule has 1 aromatic rings. The Bertz CT molecular complexity index is 562. The average molecular weight is 329 g/mol. The zero-order chi connectivity index (χ0) is 17.4. The molecule has 5 heteroatoms. The van der Waals surface area contributed by atoms with E-state index in [0.29, 0.717) is 13.1 Å². The summed E-state index contributed by atoms with van der Waals surface area (Å²) in [7, 11) is 0. The van der Waals surface area contributed by atoms with Crippen molar-refractivity contribution in [3.63, 3.8) is 0 Å². The summed E-state index contributed by atoms with van der Waals surface area (Å²) < 4.78 is 0. The monoisotopic (exact) mass is 329 g/mol. The Morgan fingerprint density at radius 1 is 1.21 bits per heavy atom. The van der Waals surface area contributed by atoms with Crippen LogP contribution in [0.25, 0.3) is 0 Å². The maximum Gasteiger partial charge on any atom is 0.226 e. The van der Waals surface area contributed by atoms with E-state index in [0.717, 1.165) is 18.8 Å². The van der Waals surface area contributed by atoms with Gasteiger partial charge in [0, 0.05) is 50.9 Å². The first-order chi connectivity index (χ1) is 11.6. The highest BCUT2D eigenvalue weighted by Gasteiger charge is 2.12. The van der Waals surface area contributed by atoms with Crippen LogP contribution in [0.1, 0.15) is 32.6 Å². The Morgan fingerprint density at radius 2 is 1.88 bits per heavy atom. The highest BCUT2D eigenvalue weighted by atomic mass is 16.2. The van der Waals surface area contributed by atoms with Crippen LogP contribution in [-0.2, 0) is 9.59 Å². The van der Waals surface area contributed by atoms with Crippen LogP contribution in [0.4, 0.5) is 11.4 Å². The fourth-order valence-electron chi connectivity index (χ4n) is 2.90. The zero-order valence-corrected chi connectivity index (χ0v) is 14.5. The second kappa shape index (κ2) is 9.11. The number of nitrogens with one attached hydrogen (secondary N) is 1. The molecule has 1 aromatic carbocycles. The molecular formula is C19H27N3O2. The van der Waals surface area contributed by atoms with Crippen LogP contribution in [0.15, 0.2) is 36.9 Å². The molecule has 0 radical (unpaired) electrons. The molecule has 5 nitrogen and oxygen atoms in total. The van der Waals surface area contributed by atoms with Crippen molar-refractivity contribution in [3.05, 3.63) is 36.9 Å². The summed E-state index contributed by atoms with van der Waals surface area (Å²) in [6.45, 7) is 8.21. The molecule has 1 N–H and O–H groups in total. The molecule has 0 bridgehead atoms. The minimum atomic E-state index is -0.0870. The lowest BCUT2D eigenvalue weighted by Crippen LogP contribution is -2.32. The maximum absolute atomic E-state index is 12.0. The van der Waals surface area contributed by atoms with E-state index in [1.807, 2.05) is 12.1 Å². The van der Waals surface area contributed by atoms with Crippen LogP contribution in [0.2, 0.25) is 0 Å². The highest BCUT2D eigenvalue weighted by Crippen LogP contribution is 2.21. The first-order valence-electron chi connectivity index (χ1n) is 8.61. The van der Waals surface area contributed by atoms with Crippen molar-refractivity contribution >= 4 is 23.2 Å². The number of amides is 2. The van der Waals surface area contributed by atoms with Gasteiger partial charge in [-0.3, -0.25) is 9.59 Å². The Kier molecular flexibility index (Phi) is 6.85. The number of benzene rings is 1. The average Bonchev–Trinajstić information content (AvgIpc) is 2.60. The molecule has 0 saturated carbocycles. The highest BCUT2D eigenvalue weighted by molar-refractivity contribution is 5.91. The van der Waals surface area contributed by atoms with E-state index in [1.165, 1.54) is 31.9 Å². The lowest BCUT2D eigenvalue weighted by molar-refractivity contribution is -0.128. The number of anilines is 2. The quantitative estimate of drug-likeness (QED) is 0.782. The predicted molar refractivity (Wildman–Crippen MR) is 98.2 cm³/mol. The molecule has 1 heterocycles. The second-order valence-corrected chi connectivity index (χ2v) is 6.15. The van der Waals surface area contributed by atoms with Gasteiger partial charge < -0.3 is 15.1 Å². The van der Waals surface area contributed by atoms with Gasteiger partial charge in [0.05, 0.1) is 0 Å². The summed E-state index contributed by atoms with van der Waals surface area (Å²) in [4.78, 5) is 27.5. The van der Waals surface area contributed by atoms with E-state index in [4.69, 9.17) is 0 Å². The van der Waals surface area contributed by atoms with E-state index in [2.05, 4.69) is 28.9 Å². The number of carbonyl (C=O) groups is 2. The molecule has 2 amide bonds. The van der Waals surface area contributed by atoms with E-state index < -0.39 is 0 Å². The Labute approximate surface area is 144 Å². The summed E-state index contributed by atoms with van der Waals surface area (Å²) >= 11 is 0. The van der Waals surface area contributed by atoms with Crippen molar-refractivity contribution in [1.82, 2.24) is 4.90 Å². The maximum atomic E-state index is 12.0. The molecule has 1 saturated heterocycles. The van der Waals surface area contributed by atoms with Crippen LogP contribution < -0.4 is 10.2 Å². The van der Waals surface area contributed by atoms with E-state index in [-0.39, 0.29) is 18.2 Å². The van der Waals surface area contributed by atoms with Crippen molar-refractivity contribution in [2.75, 3.05) is 36.4 Å². The molecule has 0 atom stereocenters. The molecule has 0 aliphatic carbocycles. The van der Waals surface area contributed by atoms with Gasteiger partial charge >= 0.3 is 0 Å². The van der Waals surface area contributed by atoms with Gasteiger partial charge in [0.15, 0.2) is 0 Å². The lowest BCUT2D eigenvalue weighted by atomic mass is 10.1. The minimum absolute atomic E-state index is 0.0476. The molecule has 130 valence electrons. The standard InChI is InChI=1S/C19H27N3O2/c1-3-12-21(16(2)23)15-11-19(24)20-17-7-9-18(10-8-17)22-13-5-4-6-14-22/h3,7-10H,1,4-6,11-15H2,2H3,(H,20,24). The zero-order valence-electron chi connectivity index (χ0n) is 14.5. The Morgan fingerprint density at radius 3 is 2.46 bits per heavy atom. The summed E-state index contributed by atoms with van der Waals surface area (Å²) in [6.07, 6.45) is 5.75. The van der Waals surface area contributed by atoms with E-state index >= 15 is 0 Å². The predicted octanol–water partition coefficient (Wildman–Crippen LogP) is 3.04. The summed E-state index contributed by atoms with van der Waals surface area (Å²) in [6, 6.07) is 7.99. The smallest absolute Gasteiger partial charge is 0.226 e. The third-order valence-electron chi connectivity index (χ3n) is 4.28. The summed E-state index contributed by atoms with van der Waals surface area (Å²) in [5.74, 6) is -0.135. The van der Waals surface area contributed by atoms with Gasteiger partial charge in [-0.2, -0.15) is 0 Å². The van der Waals surface area contributed by atoms with Crippen molar-refractivity contribution in [2.24, 2.45) is 0 Å². The summed E-state index contributed by atoms with van der Waals surface area (Å²) in [5, 5.41) is 2.89. The van der Waals surface area contributed by atoms with Crippen molar-refractivity contribution in [1.29, 1.82) is 0 Å². The van der Waals surface area contributed by atoms with Crippen molar-refractivity contribution in [2.45, 2.75) is 32.6 Å². The minimum Gasteiger partial charge on any atom is -0.372 e. The third kappa shape index (κ3) is 5.41. The fraction of sp³-hybridized carbons (Fsp3) is 0.474. The van der Waals surface area contributed by atoms with Crippen LogP contribution in [0.5, 0.6) is 0 Å². The lowest BCUT2D eigenvalue weighted by Gasteiger charge is -2.28.